The van der Waals surface area contributed by atoms with Gasteiger partial charge in [-0.1, -0.05) is 30.3 Å². The average molecular weight is 480 g/mol. The van der Waals surface area contributed by atoms with E-state index in [4.69, 9.17) is 13.9 Å². The number of para-hydroxylation sites is 1. The Bertz CT molecular complexity index is 1500. The number of carboxylic acid groups (broad SMARTS) is 1. The molecule has 178 valence electrons. The van der Waals surface area contributed by atoms with Crippen LogP contribution in [0.4, 0.5) is 13.2 Å². The Hall–Kier alpha value is -4.11. The molecule has 0 saturated carbocycles. The number of alkyl halides is 3. The maximum atomic E-state index is 14.0. The molecule has 0 aliphatic carbocycles. The summed E-state index contributed by atoms with van der Waals surface area (Å²) in [4.78, 5) is 15.1. The molecule has 3 aromatic carbocycles. The van der Waals surface area contributed by atoms with Gasteiger partial charge in [-0.3, -0.25) is 4.79 Å². The van der Waals surface area contributed by atoms with Crippen molar-refractivity contribution in [2.45, 2.75) is 19.1 Å². The number of rotatable bonds is 7. The normalized spacial score (nSPS) is 12.0. The highest BCUT2D eigenvalue weighted by atomic mass is 19.4. The van der Waals surface area contributed by atoms with Gasteiger partial charge in [0.2, 0.25) is 5.89 Å². The van der Waals surface area contributed by atoms with Crippen LogP contribution >= 0.6 is 0 Å². The fourth-order valence-electron chi connectivity index (χ4n) is 3.96. The molecule has 9 heteroatoms. The van der Waals surface area contributed by atoms with E-state index >= 15 is 0 Å². The summed E-state index contributed by atoms with van der Waals surface area (Å²) in [5.74, 6) is -0.786. The third kappa shape index (κ3) is 4.63. The minimum atomic E-state index is -4.62. The second-order valence-electron chi connectivity index (χ2n) is 8.02. The van der Waals surface area contributed by atoms with Crippen LogP contribution in [0.1, 0.15) is 17.5 Å². The molecule has 0 radical (unpaired) electrons. The monoisotopic (exact) mass is 480 g/mol. The summed E-state index contributed by atoms with van der Waals surface area (Å²) in [6.45, 7) is 0.715. The third-order valence-corrected chi connectivity index (χ3v) is 5.57. The number of carbonyl (C=O) groups is 1. The summed E-state index contributed by atoms with van der Waals surface area (Å²) >= 11 is 0. The van der Waals surface area contributed by atoms with Crippen molar-refractivity contribution >= 4 is 28.0 Å². The van der Waals surface area contributed by atoms with Crippen LogP contribution < -0.4 is 5.32 Å². The van der Waals surface area contributed by atoms with E-state index in [-0.39, 0.29) is 29.2 Å². The van der Waals surface area contributed by atoms with Gasteiger partial charge in [-0.2, -0.15) is 13.2 Å². The lowest BCUT2D eigenvalue weighted by Gasteiger charge is -2.13. The van der Waals surface area contributed by atoms with Gasteiger partial charge in [-0.15, -0.1) is 0 Å². The predicted molar refractivity (Wildman–Crippen MR) is 124 cm³/mol. The van der Waals surface area contributed by atoms with Crippen molar-refractivity contribution < 1.29 is 31.9 Å². The summed E-state index contributed by atoms with van der Waals surface area (Å²) in [6.07, 6.45) is -4.63. The molecule has 2 heterocycles. The maximum Gasteiger partial charge on any atom is 0.417 e. The fraction of sp³-hybridized carbons (Fsp3) is 0.154. The first kappa shape index (κ1) is 22.7. The number of hydrogen-bond acceptors (Lipinski definition) is 5. The average Bonchev–Trinajstić information content (AvgIpc) is 3.44. The van der Waals surface area contributed by atoms with Crippen LogP contribution in [0.5, 0.6) is 0 Å². The fourth-order valence-corrected chi connectivity index (χ4v) is 3.96. The van der Waals surface area contributed by atoms with Crippen molar-refractivity contribution in [2.75, 3.05) is 6.54 Å². The van der Waals surface area contributed by atoms with E-state index in [1.54, 1.807) is 48.5 Å². The highest BCUT2D eigenvalue weighted by molar-refractivity contribution is 5.89. The number of benzene rings is 3. The van der Waals surface area contributed by atoms with E-state index in [0.717, 1.165) is 11.6 Å². The van der Waals surface area contributed by atoms with Gasteiger partial charge in [0.25, 0.3) is 0 Å². The quantitative estimate of drug-likeness (QED) is 0.259. The summed E-state index contributed by atoms with van der Waals surface area (Å²) in [6, 6.07) is 17.7. The first-order chi connectivity index (χ1) is 16.8. The molecule has 0 fully saturated rings. The molecule has 5 rings (SSSR count). The molecular weight excluding hydrogens is 461 g/mol. The van der Waals surface area contributed by atoms with Crippen LogP contribution in [-0.4, -0.2) is 22.6 Å². The van der Waals surface area contributed by atoms with Gasteiger partial charge in [0.1, 0.15) is 16.9 Å². The van der Waals surface area contributed by atoms with Crippen LogP contribution in [0.2, 0.25) is 0 Å². The molecule has 6 nitrogen and oxygen atoms in total. The minimum Gasteiger partial charge on any atom is -0.481 e. The highest BCUT2D eigenvalue weighted by Crippen LogP contribution is 2.44. The van der Waals surface area contributed by atoms with Gasteiger partial charge in [0, 0.05) is 29.6 Å². The molecule has 0 spiro atoms. The SMILES string of the molecule is O=C(O)CCNCc1ccc2nc(-c3cccc(C(F)(F)F)c3-c3cc4ccccc4o3)oc2c1. The van der Waals surface area contributed by atoms with Crippen molar-refractivity contribution in [2.24, 2.45) is 0 Å². The molecule has 0 amide bonds. The van der Waals surface area contributed by atoms with E-state index < -0.39 is 17.7 Å². The number of aliphatic carboxylic acids is 1. The molecule has 0 aliphatic rings. The molecule has 2 aromatic heterocycles. The van der Waals surface area contributed by atoms with Gasteiger partial charge < -0.3 is 19.3 Å². The topological polar surface area (TPSA) is 88.5 Å². The summed E-state index contributed by atoms with van der Waals surface area (Å²) in [5.41, 5.74) is 1.37. The summed E-state index contributed by atoms with van der Waals surface area (Å²) < 4.78 is 53.7. The highest BCUT2D eigenvalue weighted by Gasteiger charge is 2.36. The maximum absolute atomic E-state index is 14.0. The second-order valence-corrected chi connectivity index (χ2v) is 8.02. The van der Waals surface area contributed by atoms with E-state index in [9.17, 15) is 18.0 Å². The zero-order valence-electron chi connectivity index (χ0n) is 18.2. The minimum absolute atomic E-state index is 0.00515. The van der Waals surface area contributed by atoms with Crippen molar-refractivity contribution in [3.05, 3.63) is 77.9 Å². The smallest absolute Gasteiger partial charge is 0.417 e. The molecule has 5 aromatic rings. The van der Waals surface area contributed by atoms with Crippen molar-refractivity contribution in [1.29, 1.82) is 0 Å². The Balaban J connectivity index is 1.57. The van der Waals surface area contributed by atoms with Crippen LogP contribution in [0.25, 0.3) is 44.8 Å². The molecule has 0 unspecified atom stereocenters. The molecule has 0 aliphatic heterocycles. The van der Waals surface area contributed by atoms with Gasteiger partial charge in [-0.25, -0.2) is 4.98 Å². The zero-order chi connectivity index (χ0) is 24.6. The number of hydrogen-bond donors (Lipinski definition) is 2. The van der Waals surface area contributed by atoms with Crippen LogP contribution in [-0.2, 0) is 17.5 Å². The lowest BCUT2D eigenvalue weighted by Crippen LogP contribution is -2.17. The number of nitrogens with zero attached hydrogens (tertiary/aromatic N) is 1. The number of oxazole rings is 1. The molecule has 2 N–H and O–H groups in total. The first-order valence-corrected chi connectivity index (χ1v) is 10.8. The van der Waals surface area contributed by atoms with E-state index in [2.05, 4.69) is 10.3 Å². The Morgan fingerprint density at radius 3 is 2.57 bits per heavy atom. The van der Waals surface area contributed by atoms with Crippen molar-refractivity contribution in [1.82, 2.24) is 10.3 Å². The molecule has 35 heavy (non-hydrogen) atoms. The van der Waals surface area contributed by atoms with E-state index in [0.29, 0.717) is 35.2 Å². The summed E-state index contributed by atoms with van der Waals surface area (Å²) in [5, 5.41) is 12.4. The molecule has 0 bridgehead atoms. The Morgan fingerprint density at radius 1 is 0.971 bits per heavy atom. The van der Waals surface area contributed by atoms with Crippen LogP contribution in [0.3, 0.4) is 0 Å². The van der Waals surface area contributed by atoms with Gasteiger partial charge in [-0.05, 0) is 42.0 Å². The molecule has 0 saturated heterocycles. The second kappa shape index (κ2) is 8.92. The number of carboxylic acids is 1. The first-order valence-electron chi connectivity index (χ1n) is 10.8. The van der Waals surface area contributed by atoms with Gasteiger partial charge >= 0.3 is 12.1 Å². The predicted octanol–water partition coefficient (Wildman–Crippen LogP) is 6.49. The summed E-state index contributed by atoms with van der Waals surface area (Å²) in [7, 11) is 0. The Labute approximate surface area is 197 Å². The molecular formula is C26H19F3N2O4. The van der Waals surface area contributed by atoms with Crippen LogP contribution in [0.15, 0.2) is 75.6 Å². The number of nitrogens with one attached hydrogen (secondary N) is 1. The van der Waals surface area contributed by atoms with Gasteiger partial charge in [0.15, 0.2) is 5.58 Å². The lowest BCUT2D eigenvalue weighted by molar-refractivity contribution is -0.137. The van der Waals surface area contributed by atoms with Crippen molar-refractivity contribution in [3.63, 3.8) is 0 Å². The van der Waals surface area contributed by atoms with E-state index in [1.165, 1.54) is 12.1 Å². The zero-order valence-corrected chi connectivity index (χ0v) is 18.2. The Morgan fingerprint density at radius 2 is 1.80 bits per heavy atom. The standard InChI is InChI=1S/C26H19F3N2O4/c27-26(28,29)18-6-3-5-17(24(18)22-13-16-4-1-2-7-20(16)34-22)25-31-19-9-8-15(12-21(19)35-25)14-30-11-10-23(32)33/h1-9,12-13,30H,10-11,14H2,(H,32,33). The number of furan rings is 1. The Kier molecular flexibility index (Phi) is 5.78. The lowest BCUT2D eigenvalue weighted by atomic mass is 9.98. The number of aromatic nitrogens is 1. The van der Waals surface area contributed by atoms with E-state index in [1.807, 2.05) is 0 Å². The van der Waals surface area contributed by atoms with Crippen LogP contribution in [0, 0.1) is 0 Å². The third-order valence-electron chi connectivity index (χ3n) is 5.57. The largest absolute Gasteiger partial charge is 0.481 e. The molecule has 0 atom stereocenters. The van der Waals surface area contributed by atoms with Gasteiger partial charge in [0.05, 0.1) is 12.0 Å². The number of fused-ring (bicyclic) bond motifs is 2. The van der Waals surface area contributed by atoms with Crippen molar-refractivity contribution in [3.8, 4) is 22.8 Å². The number of halogens is 3.